The highest BCUT2D eigenvalue weighted by Gasteiger charge is 2.34. The number of hydrogen-bond donors (Lipinski definition) is 2. The third kappa shape index (κ3) is 7.28. The van der Waals surface area contributed by atoms with Crippen LogP contribution >= 0.6 is 12.2 Å². The molecule has 2 aromatic rings. The van der Waals surface area contributed by atoms with Crippen LogP contribution in [0.3, 0.4) is 0 Å². The van der Waals surface area contributed by atoms with Crippen LogP contribution in [0.2, 0.25) is 0 Å². The van der Waals surface area contributed by atoms with Gasteiger partial charge in [-0.15, -0.1) is 0 Å². The number of piperazine rings is 1. The molecule has 0 aliphatic carbocycles. The second-order valence-corrected chi connectivity index (χ2v) is 8.18. The Morgan fingerprint density at radius 3 is 2.56 bits per heavy atom. The van der Waals surface area contributed by atoms with Crippen molar-refractivity contribution in [1.82, 2.24) is 15.5 Å². The van der Waals surface area contributed by atoms with Crippen LogP contribution in [0.25, 0.3) is 0 Å². The third-order valence-electron chi connectivity index (χ3n) is 5.26. The van der Waals surface area contributed by atoms with Crippen LogP contribution in [0.15, 0.2) is 54.6 Å². The van der Waals surface area contributed by atoms with Gasteiger partial charge in [0.1, 0.15) is 11.8 Å². The molecule has 0 aromatic heterocycles. The van der Waals surface area contributed by atoms with Crippen LogP contribution in [0.5, 0.6) is 5.75 Å². The number of benzene rings is 2. The molecule has 1 unspecified atom stereocenters. The lowest BCUT2D eigenvalue weighted by Gasteiger charge is -2.36. The van der Waals surface area contributed by atoms with Gasteiger partial charge in [0.05, 0.1) is 19.6 Å². The van der Waals surface area contributed by atoms with E-state index in [1.165, 1.54) is 0 Å². The molecule has 0 saturated carbocycles. The van der Waals surface area contributed by atoms with Gasteiger partial charge in [0.15, 0.2) is 5.11 Å². The van der Waals surface area contributed by atoms with Crippen LogP contribution in [0, 0.1) is 0 Å². The van der Waals surface area contributed by atoms with Crippen LogP contribution in [-0.4, -0.2) is 60.1 Å². The molecule has 2 aromatic carbocycles. The molecule has 0 spiro atoms. The van der Waals surface area contributed by atoms with Crippen molar-refractivity contribution in [2.75, 3.05) is 26.3 Å². The predicted molar refractivity (Wildman–Crippen MR) is 132 cm³/mol. The standard InChI is InChI=1S/C25H29N3O5S/c1-2-15-32-20-10-8-19(9-11-20)23(30)27-25(34)28-14-13-26-24(31)21(28)17-22(29)33-16-12-18-6-4-3-5-7-18/h3-11,21H,2,12-17H2,1H3,(H,26,31)(H,27,30,34). The van der Waals surface area contributed by atoms with Gasteiger partial charge in [-0.3, -0.25) is 19.7 Å². The van der Waals surface area contributed by atoms with Crippen molar-refractivity contribution in [1.29, 1.82) is 0 Å². The van der Waals surface area contributed by atoms with Crippen LogP contribution in [-0.2, 0) is 20.7 Å². The molecule has 180 valence electrons. The normalized spacial score (nSPS) is 15.3. The molecular weight excluding hydrogens is 454 g/mol. The van der Waals surface area contributed by atoms with E-state index in [-0.39, 0.29) is 24.0 Å². The summed E-state index contributed by atoms with van der Waals surface area (Å²) in [5.74, 6) is -0.554. The number of esters is 1. The van der Waals surface area contributed by atoms with Crippen molar-refractivity contribution in [3.63, 3.8) is 0 Å². The maximum atomic E-state index is 12.7. The highest BCUT2D eigenvalue weighted by molar-refractivity contribution is 7.80. The minimum absolute atomic E-state index is 0.0910. The van der Waals surface area contributed by atoms with E-state index in [4.69, 9.17) is 21.7 Å². The Hall–Kier alpha value is -3.46. The Morgan fingerprint density at radius 2 is 1.85 bits per heavy atom. The van der Waals surface area contributed by atoms with Crippen LogP contribution in [0.1, 0.15) is 35.7 Å². The molecule has 0 bridgehead atoms. The van der Waals surface area contributed by atoms with Gasteiger partial charge in [-0.05, 0) is 48.5 Å². The lowest BCUT2D eigenvalue weighted by Crippen LogP contribution is -2.60. The molecule has 0 radical (unpaired) electrons. The lowest BCUT2D eigenvalue weighted by molar-refractivity contribution is -0.147. The highest BCUT2D eigenvalue weighted by atomic mass is 32.1. The maximum Gasteiger partial charge on any atom is 0.308 e. The number of ether oxygens (including phenoxy) is 2. The Bertz CT molecular complexity index is 997. The summed E-state index contributed by atoms with van der Waals surface area (Å²) < 4.78 is 10.9. The SMILES string of the molecule is CCCOc1ccc(C(=O)NC(=S)N2CCNC(=O)C2CC(=O)OCCc2ccccc2)cc1. The van der Waals surface area contributed by atoms with E-state index in [2.05, 4.69) is 10.6 Å². The molecule has 1 aliphatic heterocycles. The van der Waals surface area contributed by atoms with E-state index < -0.39 is 17.9 Å². The summed E-state index contributed by atoms with van der Waals surface area (Å²) in [6.07, 6.45) is 1.31. The largest absolute Gasteiger partial charge is 0.494 e. The molecule has 8 nitrogen and oxygen atoms in total. The summed E-state index contributed by atoms with van der Waals surface area (Å²) in [7, 11) is 0. The average molecular weight is 484 g/mol. The van der Waals surface area contributed by atoms with Gasteiger partial charge >= 0.3 is 5.97 Å². The smallest absolute Gasteiger partial charge is 0.308 e. The van der Waals surface area contributed by atoms with E-state index in [9.17, 15) is 14.4 Å². The molecule has 34 heavy (non-hydrogen) atoms. The number of nitrogens with one attached hydrogen (secondary N) is 2. The third-order valence-corrected chi connectivity index (χ3v) is 5.59. The quantitative estimate of drug-likeness (QED) is 0.418. The first kappa shape index (κ1) is 25.2. The fourth-order valence-electron chi connectivity index (χ4n) is 3.47. The second-order valence-electron chi connectivity index (χ2n) is 7.79. The number of amides is 2. The first-order valence-corrected chi connectivity index (χ1v) is 11.7. The van der Waals surface area contributed by atoms with Gasteiger partial charge in [-0.2, -0.15) is 0 Å². The molecule has 2 amide bonds. The zero-order chi connectivity index (χ0) is 24.3. The number of carbonyl (C=O) groups excluding carboxylic acids is 3. The van der Waals surface area contributed by atoms with Crippen molar-refractivity contribution >= 4 is 35.1 Å². The monoisotopic (exact) mass is 483 g/mol. The Balaban J connectivity index is 1.54. The van der Waals surface area contributed by atoms with E-state index in [0.29, 0.717) is 37.4 Å². The first-order valence-electron chi connectivity index (χ1n) is 11.3. The molecule has 3 rings (SSSR count). The Morgan fingerprint density at radius 1 is 1.12 bits per heavy atom. The number of rotatable bonds is 9. The molecular formula is C25H29N3O5S. The zero-order valence-corrected chi connectivity index (χ0v) is 19.9. The fourth-order valence-corrected chi connectivity index (χ4v) is 3.78. The van der Waals surface area contributed by atoms with Gasteiger partial charge in [-0.25, -0.2) is 0 Å². The summed E-state index contributed by atoms with van der Waals surface area (Å²) in [6.45, 7) is 3.56. The summed E-state index contributed by atoms with van der Waals surface area (Å²) in [6, 6.07) is 15.6. The minimum atomic E-state index is -0.851. The van der Waals surface area contributed by atoms with Crippen molar-refractivity contribution < 1.29 is 23.9 Å². The Labute approximate surface area is 204 Å². The van der Waals surface area contributed by atoms with Gasteiger partial charge < -0.3 is 19.7 Å². The summed E-state index contributed by atoms with van der Waals surface area (Å²) in [5, 5.41) is 5.49. The first-order chi connectivity index (χ1) is 16.5. The van der Waals surface area contributed by atoms with Crippen molar-refractivity contribution in [3.8, 4) is 5.75 Å². The molecule has 1 heterocycles. The summed E-state index contributed by atoms with van der Waals surface area (Å²) in [4.78, 5) is 39.1. The van der Waals surface area contributed by atoms with Crippen molar-refractivity contribution in [3.05, 3.63) is 65.7 Å². The molecule has 1 saturated heterocycles. The maximum absolute atomic E-state index is 12.7. The van der Waals surface area contributed by atoms with Crippen LogP contribution < -0.4 is 15.4 Å². The molecule has 9 heteroatoms. The van der Waals surface area contributed by atoms with Gasteiger partial charge in [0.25, 0.3) is 5.91 Å². The molecule has 2 N–H and O–H groups in total. The van der Waals surface area contributed by atoms with E-state index >= 15 is 0 Å². The highest BCUT2D eigenvalue weighted by Crippen LogP contribution is 2.14. The molecule has 1 aliphatic rings. The van der Waals surface area contributed by atoms with Gasteiger partial charge in [0.2, 0.25) is 5.91 Å². The van der Waals surface area contributed by atoms with Gasteiger partial charge in [0, 0.05) is 25.1 Å². The predicted octanol–water partition coefficient (Wildman–Crippen LogP) is 2.47. The van der Waals surface area contributed by atoms with Gasteiger partial charge in [-0.1, -0.05) is 37.3 Å². The zero-order valence-electron chi connectivity index (χ0n) is 19.1. The minimum Gasteiger partial charge on any atom is -0.494 e. The number of hydrogen-bond acceptors (Lipinski definition) is 6. The summed E-state index contributed by atoms with van der Waals surface area (Å²) in [5.41, 5.74) is 1.46. The molecule has 1 atom stereocenters. The molecule has 1 fully saturated rings. The second kappa shape index (κ2) is 12.7. The van der Waals surface area contributed by atoms with E-state index in [0.717, 1.165) is 12.0 Å². The fraction of sp³-hybridized carbons (Fsp3) is 0.360. The summed E-state index contributed by atoms with van der Waals surface area (Å²) >= 11 is 5.40. The van der Waals surface area contributed by atoms with Crippen LogP contribution in [0.4, 0.5) is 0 Å². The Kier molecular flexibility index (Phi) is 9.40. The number of nitrogens with zero attached hydrogens (tertiary/aromatic N) is 1. The van der Waals surface area contributed by atoms with Crippen molar-refractivity contribution in [2.24, 2.45) is 0 Å². The van der Waals surface area contributed by atoms with E-state index in [1.807, 2.05) is 37.3 Å². The van der Waals surface area contributed by atoms with E-state index in [1.54, 1.807) is 29.2 Å². The lowest BCUT2D eigenvalue weighted by atomic mass is 10.1. The number of thiocarbonyl (C=S) groups is 1. The average Bonchev–Trinajstić information content (AvgIpc) is 2.85. The number of carbonyl (C=O) groups is 3. The van der Waals surface area contributed by atoms with Crippen molar-refractivity contribution in [2.45, 2.75) is 32.2 Å². The topological polar surface area (TPSA) is 97.0 Å².